The number of carbonyl (C=O) groups is 1. The van der Waals surface area contributed by atoms with Crippen LogP contribution < -0.4 is 0 Å². The van der Waals surface area contributed by atoms with Gasteiger partial charge in [-0.3, -0.25) is 4.79 Å². The van der Waals surface area contributed by atoms with Gasteiger partial charge >= 0.3 is 0 Å². The number of benzene rings is 3. The maximum absolute atomic E-state index is 14.8. The predicted molar refractivity (Wildman–Crippen MR) is 122 cm³/mol. The molecule has 1 saturated heterocycles. The maximum atomic E-state index is 14.8. The topological polar surface area (TPSA) is 81.5 Å². The lowest BCUT2D eigenvalue weighted by molar-refractivity contribution is -0.131. The Morgan fingerprint density at radius 3 is 2.55 bits per heavy atom. The first-order valence-corrected chi connectivity index (χ1v) is 11.9. The summed E-state index contributed by atoms with van der Waals surface area (Å²) in [6, 6.07) is 20.8. The zero-order valence-corrected chi connectivity index (χ0v) is 18.8. The summed E-state index contributed by atoms with van der Waals surface area (Å²) in [6.45, 7) is 0.681. The molecule has 1 aliphatic heterocycles. The van der Waals surface area contributed by atoms with E-state index in [9.17, 15) is 17.6 Å². The summed E-state index contributed by atoms with van der Waals surface area (Å²) in [7, 11) is -2.73. The minimum Gasteiger partial charge on any atom is -0.337 e. The second kappa shape index (κ2) is 9.14. The molecule has 0 unspecified atom stereocenters. The van der Waals surface area contributed by atoms with Crippen LogP contribution in [0.3, 0.4) is 0 Å². The van der Waals surface area contributed by atoms with Crippen molar-refractivity contribution < 1.29 is 17.6 Å². The largest absolute Gasteiger partial charge is 0.337 e. The first kappa shape index (κ1) is 22.6. The minimum atomic E-state index is -4.08. The third kappa shape index (κ3) is 4.51. The van der Waals surface area contributed by atoms with Crippen LogP contribution in [0.2, 0.25) is 0 Å². The molecule has 33 heavy (non-hydrogen) atoms. The van der Waals surface area contributed by atoms with Crippen molar-refractivity contribution in [1.82, 2.24) is 9.21 Å². The molecule has 168 valence electrons. The Morgan fingerprint density at radius 1 is 1.09 bits per heavy atom. The van der Waals surface area contributed by atoms with Gasteiger partial charge in [0.25, 0.3) is 0 Å². The minimum absolute atomic E-state index is 0.199. The molecule has 0 spiro atoms. The number of hydrogen-bond acceptors (Lipinski definition) is 4. The van der Waals surface area contributed by atoms with E-state index in [0.717, 1.165) is 15.9 Å². The molecule has 8 heteroatoms. The number of sulfonamides is 1. The molecule has 1 atom stereocenters. The maximum Gasteiger partial charge on any atom is 0.243 e. The molecule has 0 saturated carbocycles. The second-order valence-electron chi connectivity index (χ2n) is 7.91. The van der Waals surface area contributed by atoms with Crippen molar-refractivity contribution in [3.8, 4) is 17.2 Å². The van der Waals surface area contributed by atoms with Gasteiger partial charge in [0.15, 0.2) is 0 Å². The Morgan fingerprint density at radius 2 is 1.85 bits per heavy atom. The Bertz CT molecular complexity index is 1340. The van der Waals surface area contributed by atoms with Crippen molar-refractivity contribution in [2.75, 3.05) is 13.6 Å². The molecule has 0 radical (unpaired) electrons. The van der Waals surface area contributed by atoms with E-state index in [1.54, 1.807) is 47.4 Å². The van der Waals surface area contributed by atoms with Gasteiger partial charge in [-0.25, -0.2) is 12.8 Å². The summed E-state index contributed by atoms with van der Waals surface area (Å²) < 4.78 is 42.1. The standard InChI is InChI=1S/C25H22FN3O3S/c1-28(24-12-13-29(25(24)30)17-19-7-5-6-18(14-19)16-27)33(31,32)21-10-11-22(23(26)15-21)20-8-3-2-4-9-20/h2-11,14-15,24H,12-13,17H2,1H3/t24-/m0/s1. The third-order valence-corrected chi connectivity index (χ3v) is 7.70. The molecule has 4 rings (SSSR count). The highest BCUT2D eigenvalue weighted by atomic mass is 32.2. The van der Waals surface area contributed by atoms with E-state index in [1.807, 2.05) is 12.1 Å². The molecule has 0 bridgehead atoms. The molecule has 3 aromatic rings. The summed E-state index contributed by atoms with van der Waals surface area (Å²) in [6.07, 6.45) is 0.330. The lowest BCUT2D eigenvalue weighted by Gasteiger charge is -2.24. The number of hydrogen-bond donors (Lipinski definition) is 0. The van der Waals surface area contributed by atoms with Crippen molar-refractivity contribution >= 4 is 15.9 Å². The van der Waals surface area contributed by atoms with Gasteiger partial charge in [0, 0.05) is 25.7 Å². The van der Waals surface area contributed by atoms with Crippen molar-refractivity contribution in [3.63, 3.8) is 0 Å². The highest BCUT2D eigenvalue weighted by Crippen LogP contribution is 2.28. The fourth-order valence-corrected chi connectivity index (χ4v) is 5.37. The first-order chi connectivity index (χ1) is 15.8. The van der Waals surface area contributed by atoms with Crippen LogP contribution in [-0.2, 0) is 21.4 Å². The molecule has 6 nitrogen and oxygen atoms in total. The van der Waals surface area contributed by atoms with E-state index in [0.29, 0.717) is 36.2 Å². The monoisotopic (exact) mass is 463 g/mol. The summed E-state index contributed by atoms with van der Waals surface area (Å²) in [5, 5.41) is 9.06. The van der Waals surface area contributed by atoms with Crippen LogP contribution in [0.4, 0.5) is 4.39 Å². The number of likely N-dealkylation sites (N-methyl/N-ethyl adjacent to an activating group) is 1. The highest BCUT2D eigenvalue weighted by Gasteiger charge is 2.40. The molecule has 1 heterocycles. The van der Waals surface area contributed by atoms with Gasteiger partial charge in [0.2, 0.25) is 15.9 Å². The summed E-state index contributed by atoms with van der Waals surface area (Å²) >= 11 is 0. The van der Waals surface area contributed by atoms with Gasteiger partial charge in [-0.1, -0.05) is 48.5 Å². The number of carbonyl (C=O) groups excluding carboxylic acids is 1. The van der Waals surface area contributed by atoms with Crippen LogP contribution >= 0.6 is 0 Å². The van der Waals surface area contributed by atoms with Gasteiger partial charge in [-0.15, -0.1) is 0 Å². The molecule has 1 amide bonds. The summed E-state index contributed by atoms with van der Waals surface area (Å²) in [5.74, 6) is -0.961. The lowest BCUT2D eigenvalue weighted by atomic mass is 10.1. The number of halogens is 1. The Labute approximate surface area is 192 Å². The predicted octanol–water partition coefficient (Wildman–Crippen LogP) is 3.79. The molecule has 1 aliphatic rings. The highest BCUT2D eigenvalue weighted by molar-refractivity contribution is 7.89. The van der Waals surface area contributed by atoms with E-state index >= 15 is 0 Å². The Kier molecular flexibility index (Phi) is 6.27. The SMILES string of the molecule is CN([C@H]1CCN(Cc2cccc(C#N)c2)C1=O)S(=O)(=O)c1ccc(-c2ccccc2)c(F)c1. The van der Waals surface area contributed by atoms with Gasteiger partial charge in [0.05, 0.1) is 16.5 Å². The van der Waals surface area contributed by atoms with Gasteiger partial charge < -0.3 is 4.90 Å². The zero-order valence-electron chi connectivity index (χ0n) is 18.0. The average molecular weight is 464 g/mol. The molecule has 0 aromatic heterocycles. The van der Waals surface area contributed by atoms with Crippen LogP contribution in [0, 0.1) is 17.1 Å². The number of rotatable bonds is 6. The van der Waals surface area contributed by atoms with E-state index in [4.69, 9.17) is 5.26 Å². The number of nitriles is 1. The molecule has 0 aliphatic carbocycles. The first-order valence-electron chi connectivity index (χ1n) is 10.4. The quantitative estimate of drug-likeness (QED) is 0.557. The van der Waals surface area contributed by atoms with Gasteiger partial charge in [-0.05, 0) is 41.8 Å². The van der Waals surface area contributed by atoms with Crippen LogP contribution in [0.5, 0.6) is 0 Å². The Balaban J connectivity index is 1.52. The fraction of sp³-hybridized carbons (Fsp3) is 0.200. The van der Waals surface area contributed by atoms with Crippen LogP contribution in [0.15, 0.2) is 77.7 Å². The molecular weight excluding hydrogens is 441 g/mol. The second-order valence-corrected chi connectivity index (χ2v) is 9.90. The number of amides is 1. The molecule has 0 N–H and O–H groups in total. The molecular formula is C25H22FN3O3S. The zero-order chi connectivity index (χ0) is 23.6. The average Bonchev–Trinajstić information content (AvgIpc) is 3.18. The lowest BCUT2D eigenvalue weighted by Crippen LogP contribution is -2.42. The van der Waals surface area contributed by atoms with E-state index in [1.165, 1.54) is 19.2 Å². The normalized spacial score (nSPS) is 16.2. The van der Waals surface area contributed by atoms with Crippen molar-refractivity contribution in [1.29, 1.82) is 5.26 Å². The van der Waals surface area contributed by atoms with Crippen molar-refractivity contribution in [2.24, 2.45) is 0 Å². The third-order valence-electron chi connectivity index (χ3n) is 5.84. The van der Waals surface area contributed by atoms with Crippen LogP contribution in [-0.4, -0.2) is 43.2 Å². The molecule has 3 aromatic carbocycles. The number of nitrogens with zero attached hydrogens (tertiary/aromatic N) is 3. The van der Waals surface area contributed by atoms with E-state index in [2.05, 4.69) is 6.07 Å². The Hall–Kier alpha value is -3.54. The van der Waals surface area contributed by atoms with Crippen molar-refractivity contribution in [2.45, 2.75) is 23.9 Å². The molecule has 1 fully saturated rings. The van der Waals surface area contributed by atoms with Crippen LogP contribution in [0.25, 0.3) is 11.1 Å². The van der Waals surface area contributed by atoms with Gasteiger partial charge in [0.1, 0.15) is 11.9 Å². The van der Waals surface area contributed by atoms with Crippen molar-refractivity contribution in [3.05, 3.63) is 89.7 Å². The van der Waals surface area contributed by atoms with E-state index in [-0.39, 0.29) is 10.8 Å². The summed E-state index contributed by atoms with van der Waals surface area (Å²) in [4.78, 5) is 14.3. The fourth-order valence-electron chi connectivity index (χ4n) is 4.02. The summed E-state index contributed by atoms with van der Waals surface area (Å²) in [5.41, 5.74) is 2.25. The van der Waals surface area contributed by atoms with E-state index < -0.39 is 21.9 Å². The smallest absolute Gasteiger partial charge is 0.243 e. The van der Waals surface area contributed by atoms with Gasteiger partial charge in [-0.2, -0.15) is 9.57 Å². The van der Waals surface area contributed by atoms with Crippen LogP contribution in [0.1, 0.15) is 17.5 Å². The number of likely N-dealkylation sites (tertiary alicyclic amines) is 1.